The third-order valence-electron chi connectivity index (χ3n) is 3.61. The van der Waals surface area contributed by atoms with Gasteiger partial charge in [-0.05, 0) is 7.05 Å². The van der Waals surface area contributed by atoms with Crippen LogP contribution in [0.1, 0.15) is 57.5 Å². The van der Waals surface area contributed by atoms with E-state index in [1.54, 1.807) is 45.0 Å². The van der Waals surface area contributed by atoms with Crippen LogP contribution in [0.4, 0.5) is 0 Å². The van der Waals surface area contributed by atoms with Crippen molar-refractivity contribution in [2.24, 2.45) is 10.8 Å². The number of carbonyl (C=O) groups excluding carboxylic acids is 2. The van der Waals surface area contributed by atoms with Crippen molar-refractivity contribution in [1.82, 2.24) is 5.32 Å². The Morgan fingerprint density at radius 1 is 0.957 bits per heavy atom. The number of nitrogens with one attached hydrogen (secondary N) is 1. The van der Waals surface area contributed by atoms with E-state index in [1.165, 1.54) is 7.05 Å². The maximum absolute atomic E-state index is 12.7. The Labute approximate surface area is 145 Å². The van der Waals surface area contributed by atoms with Gasteiger partial charge in [0.05, 0.1) is 0 Å². The summed E-state index contributed by atoms with van der Waals surface area (Å²) in [6, 6.07) is 6.73. The zero-order valence-electron chi connectivity index (χ0n) is 15.0. The molecule has 1 aromatic rings. The van der Waals surface area contributed by atoms with Gasteiger partial charge in [-0.2, -0.15) is 0 Å². The zero-order valence-corrected chi connectivity index (χ0v) is 15.8. The van der Waals surface area contributed by atoms with Gasteiger partial charge >= 0.3 is 0 Å². The summed E-state index contributed by atoms with van der Waals surface area (Å²) >= 11 is 0. The van der Waals surface area contributed by atoms with Crippen LogP contribution in [0, 0.1) is 10.8 Å². The standard InChI is InChI=1S/C18H27NO3.ClH/c1-16(2,3)14(20)12-10-8-9-11-13(12)18(22,19-7)15(21)17(4,5)6;/h8-11,19,22H,1-7H3;1H. The summed E-state index contributed by atoms with van der Waals surface area (Å²) in [5, 5.41) is 13.7. The van der Waals surface area contributed by atoms with Gasteiger partial charge in [0.25, 0.3) is 0 Å². The Morgan fingerprint density at radius 2 is 1.43 bits per heavy atom. The van der Waals surface area contributed by atoms with Crippen molar-refractivity contribution in [3.8, 4) is 0 Å². The van der Waals surface area contributed by atoms with Crippen molar-refractivity contribution in [1.29, 1.82) is 0 Å². The van der Waals surface area contributed by atoms with Crippen LogP contribution in [0.5, 0.6) is 0 Å². The quantitative estimate of drug-likeness (QED) is 0.651. The number of hydrogen-bond donors (Lipinski definition) is 2. The molecule has 0 bridgehead atoms. The van der Waals surface area contributed by atoms with E-state index in [2.05, 4.69) is 5.32 Å². The van der Waals surface area contributed by atoms with E-state index in [0.717, 1.165) is 0 Å². The molecule has 0 aromatic heterocycles. The summed E-state index contributed by atoms with van der Waals surface area (Å²) in [6.45, 7) is 10.7. The van der Waals surface area contributed by atoms with Gasteiger partial charge in [-0.25, -0.2) is 0 Å². The van der Waals surface area contributed by atoms with Crippen molar-refractivity contribution in [2.75, 3.05) is 7.05 Å². The minimum absolute atomic E-state index is 0. The van der Waals surface area contributed by atoms with Gasteiger partial charge in [-0.1, -0.05) is 65.8 Å². The highest BCUT2D eigenvalue weighted by Gasteiger charge is 2.45. The molecule has 0 saturated heterocycles. The van der Waals surface area contributed by atoms with Crippen LogP contribution in [0.2, 0.25) is 0 Å². The van der Waals surface area contributed by atoms with E-state index in [-0.39, 0.29) is 24.0 Å². The molecule has 0 fully saturated rings. The first-order chi connectivity index (χ1) is 9.85. The van der Waals surface area contributed by atoms with E-state index in [0.29, 0.717) is 11.1 Å². The highest BCUT2D eigenvalue weighted by atomic mass is 35.5. The summed E-state index contributed by atoms with van der Waals surface area (Å²) < 4.78 is 0. The molecule has 0 spiro atoms. The molecule has 0 heterocycles. The van der Waals surface area contributed by atoms with Gasteiger partial charge in [0.15, 0.2) is 11.6 Å². The molecule has 0 aliphatic rings. The minimum atomic E-state index is -1.89. The first kappa shape index (κ1) is 21.8. The highest BCUT2D eigenvalue weighted by molar-refractivity contribution is 6.03. The Bertz CT molecular complexity index is 585. The Balaban J connectivity index is 0.00000484. The number of rotatable bonds is 4. The van der Waals surface area contributed by atoms with Crippen LogP contribution < -0.4 is 5.32 Å². The zero-order chi connectivity index (χ0) is 17.3. The number of hydrogen-bond acceptors (Lipinski definition) is 4. The van der Waals surface area contributed by atoms with Gasteiger partial charge < -0.3 is 5.11 Å². The average Bonchev–Trinajstić information content (AvgIpc) is 2.43. The summed E-state index contributed by atoms with van der Waals surface area (Å²) in [7, 11) is 1.52. The van der Waals surface area contributed by atoms with Crippen LogP contribution >= 0.6 is 12.4 Å². The lowest BCUT2D eigenvalue weighted by molar-refractivity contribution is -0.150. The molecule has 130 valence electrons. The van der Waals surface area contributed by atoms with Crippen molar-refractivity contribution in [3.63, 3.8) is 0 Å². The van der Waals surface area contributed by atoms with E-state index in [1.807, 2.05) is 20.8 Å². The Morgan fingerprint density at radius 3 is 1.83 bits per heavy atom. The molecule has 0 amide bonds. The van der Waals surface area contributed by atoms with Crippen LogP contribution in [-0.2, 0) is 10.5 Å². The number of ketones is 2. The third kappa shape index (κ3) is 4.40. The summed E-state index contributed by atoms with van der Waals surface area (Å²) in [4.78, 5) is 25.4. The molecule has 4 nitrogen and oxygen atoms in total. The predicted octanol–water partition coefficient (Wildman–Crippen LogP) is 3.32. The van der Waals surface area contributed by atoms with Crippen LogP contribution in [0.15, 0.2) is 24.3 Å². The molecule has 0 aliphatic carbocycles. The van der Waals surface area contributed by atoms with E-state index in [4.69, 9.17) is 0 Å². The first-order valence-corrected chi connectivity index (χ1v) is 7.46. The predicted molar refractivity (Wildman–Crippen MR) is 94.9 cm³/mol. The second kappa shape index (κ2) is 7.12. The second-order valence-corrected chi connectivity index (χ2v) is 7.66. The van der Waals surface area contributed by atoms with Gasteiger partial charge in [0.1, 0.15) is 0 Å². The molecular formula is C18H28ClNO3. The number of aliphatic hydroxyl groups is 1. The molecule has 23 heavy (non-hydrogen) atoms. The summed E-state index contributed by atoms with van der Waals surface area (Å²) in [5.74, 6) is -0.491. The largest absolute Gasteiger partial charge is 0.365 e. The van der Waals surface area contributed by atoms with Crippen molar-refractivity contribution in [2.45, 2.75) is 47.3 Å². The van der Waals surface area contributed by atoms with Crippen molar-refractivity contribution < 1.29 is 14.7 Å². The SMILES string of the molecule is CNC(O)(C(=O)C(C)(C)C)c1ccccc1C(=O)C(C)(C)C.Cl. The summed E-state index contributed by atoms with van der Waals surface area (Å²) in [5.41, 5.74) is -2.58. The van der Waals surface area contributed by atoms with E-state index in [9.17, 15) is 14.7 Å². The van der Waals surface area contributed by atoms with Crippen LogP contribution in [0.25, 0.3) is 0 Å². The smallest absolute Gasteiger partial charge is 0.203 e. The second-order valence-electron chi connectivity index (χ2n) is 7.66. The van der Waals surface area contributed by atoms with Crippen molar-refractivity contribution >= 4 is 24.0 Å². The fourth-order valence-corrected chi connectivity index (χ4v) is 2.31. The normalized spacial score (nSPS) is 14.6. The number of halogens is 1. The number of carbonyl (C=O) groups is 2. The third-order valence-corrected chi connectivity index (χ3v) is 3.61. The molecule has 0 aliphatic heterocycles. The monoisotopic (exact) mass is 341 g/mol. The van der Waals surface area contributed by atoms with Crippen molar-refractivity contribution in [3.05, 3.63) is 35.4 Å². The van der Waals surface area contributed by atoms with Crippen LogP contribution in [-0.4, -0.2) is 23.7 Å². The minimum Gasteiger partial charge on any atom is -0.365 e. The molecule has 1 aromatic carbocycles. The van der Waals surface area contributed by atoms with Gasteiger partial charge in [-0.15, -0.1) is 12.4 Å². The molecule has 1 atom stereocenters. The number of benzene rings is 1. The molecule has 0 radical (unpaired) electrons. The molecule has 0 saturated carbocycles. The summed E-state index contributed by atoms with van der Waals surface area (Å²) in [6.07, 6.45) is 0. The molecule has 5 heteroatoms. The first-order valence-electron chi connectivity index (χ1n) is 7.46. The topological polar surface area (TPSA) is 66.4 Å². The lowest BCUT2D eigenvalue weighted by atomic mass is 9.77. The lowest BCUT2D eigenvalue weighted by Crippen LogP contribution is -2.53. The molecule has 2 N–H and O–H groups in total. The Kier molecular flexibility index (Phi) is 6.74. The molecule has 1 unspecified atom stereocenters. The Hall–Kier alpha value is -1.23. The number of Topliss-reactive ketones (excluding diaryl/α,β-unsaturated/α-hetero) is 2. The molecule has 1 rings (SSSR count). The van der Waals surface area contributed by atoms with E-state index >= 15 is 0 Å². The van der Waals surface area contributed by atoms with Gasteiger partial charge in [-0.3, -0.25) is 14.9 Å². The number of likely N-dealkylation sites (N-methyl/N-ethyl adjacent to an activating group) is 1. The maximum atomic E-state index is 12.7. The highest BCUT2D eigenvalue weighted by Crippen LogP contribution is 2.33. The van der Waals surface area contributed by atoms with Crippen LogP contribution in [0.3, 0.4) is 0 Å². The van der Waals surface area contributed by atoms with E-state index < -0.39 is 16.6 Å². The molecular weight excluding hydrogens is 314 g/mol. The fraction of sp³-hybridized carbons (Fsp3) is 0.556. The van der Waals surface area contributed by atoms with Gasteiger partial charge in [0.2, 0.25) is 5.72 Å². The maximum Gasteiger partial charge on any atom is 0.203 e. The fourth-order valence-electron chi connectivity index (χ4n) is 2.31. The van der Waals surface area contributed by atoms with Gasteiger partial charge in [0, 0.05) is 22.0 Å². The average molecular weight is 342 g/mol. The lowest BCUT2D eigenvalue weighted by Gasteiger charge is -2.34.